The number of nitrogens with zero attached hydrogens (tertiary/aromatic N) is 1. The van der Waals surface area contributed by atoms with Crippen LogP contribution in [0.2, 0.25) is 0 Å². The minimum atomic E-state index is -0.918. The normalized spacial score (nSPS) is 21.1. The van der Waals surface area contributed by atoms with Crippen molar-refractivity contribution in [1.29, 1.82) is 0 Å². The van der Waals surface area contributed by atoms with Gasteiger partial charge in [-0.05, 0) is 35.4 Å². The summed E-state index contributed by atoms with van der Waals surface area (Å²) in [7, 11) is 0. The molecule has 0 saturated heterocycles. The molecule has 2 aromatic rings. The lowest BCUT2D eigenvalue weighted by Gasteiger charge is -2.20. The van der Waals surface area contributed by atoms with Crippen molar-refractivity contribution in [3.05, 3.63) is 65.2 Å². The van der Waals surface area contributed by atoms with E-state index in [1.54, 1.807) is 0 Å². The van der Waals surface area contributed by atoms with Crippen molar-refractivity contribution in [3.63, 3.8) is 0 Å². The highest BCUT2D eigenvalue weighted by atomic mass is 16.5. The average Bonchev–Trinajstić information content (AvgIpc) is 3.07. The van der Waals surface area contributed by atoms with Crippen LogP contribution in [0, 0.1) is 0 Å². The molecule has 2 heterocycles. The largest absolute Gasteiger partial charge is 0.494 e. The van der Waals surface area contributed by atoms with Gasteiger partial charge < -0.3 is 19.9 Å². The van der Waals surface area contributed by atoms with Gasteiger partial charge in [-0.3, -0.25) is 4.79 Å². The molecule has 6 heteroatoms. The lowest BCUT2D eigenvalue weighted by molar-refractivity contribution is -0.126. The number of carbonyl (C=O) groups excluding carboxylic acids is 1. The fraction of sp³-hybridized carbons (Fsp3) is 0.333. The van der Waals surface area contributed by atoms with E-state index in [1.807, 2.05) is 48.5 Å². The summed E-state index contributed by atoms with van der Waals surface area (Å²) < 4.78 is 11.4. The van der Waals surface area contributed by atoms with E-state index < -0.39 is 5.54 Å². The molecule has 0 radical (unpaired) electrons. The quantitative estimate of drug-likeness (QED) is 0.792. The van der Waals surface area contributed by atoms with Crippen LogP contribution >= 0.6 is 0 Å². The summed E-state index contributed by atoms with van der Waals surface area (Å²) in [5.74, 6) is 1.10. The van der Waals surface area contributed by atoms with E-state index in [1.165, 1.54) is 0 Å². The Hall–Kier alpha value is -2.86. The van der Waals surface area contributed by atoms with Crippen LogP contribution in [0.1, 0.15) is 23.1 Å². The Morgan fingerprint density at radius 1 is 1.15 bits per heavy atom. The third-order valence-electron chi connectivity index (χ3n) is 4.90. The highest BCUT2D eigenvalue weighted by Crippen LogP contribution is 2.30. The molecule has 0 fully saturated rings. The summed E-state index contributed by atoms with van der Waals surface area (Å²) in [5.41, 5.74) is 2.14. The summed E-state index contributed by atoms with van der Waals surface area (Å²) in [5, 5.41) is 11.8. The second-order valence-electron chi connectivity index (χ2n) is 6.82. The van der Waals surface area contributed by atoms with Crippen molar-refractivity contribution < 1.29 is 19.4 Å². The van der Waals surface area contributed by atoms with Gasteiger partial charge in [-0.2, -0.15) is 0 Å². The monoisotopic (exact) mass is 366 g/mol. The number of fused-ring (bicyclic) bond motifs is 1. The van der Waals surface area contributed by atoms with Gasteiger partial charge in [0, 0.05) is 31.6 Å². The van der Waals surface area contributed by atoms with Gasteiger partial charge in [0.1, 0.15) is 12.4 Å². The molecule has 0 aliphatic carbocycles. The fourth-order valence-electron chi connectivity index (χ4n) is 3.39. The van der Waals surface area contributed by atoms with Crippen LogP contribution in [0.25, 0.3) is 0 Å². The predicted octanol–water partition coefficient (Wildman–Crippen LogP) is 1.84. The van der Waals surface area contributed by atoms with Gasteiger partial charge in [-0.25, -0.2) is 4.99 Å². The number of ether oxygens (including phenoxy) is 2. The molecule has 2 aliphatic heterocycles. The molecule has 6 nitrogen and oxygen atoms in total. The Morgan fingerprint density at radius 3 is 2.70 bits per heavy atom. The maximum absolute atomic E-state index is 12.7. The number of aliphatic hydroxyl groups excluding tert-OH is 1. The minimum absolute atomic E-state index is 0.0994. The van der Waals surface area contributed by atoms with Gasteiger partial charge in [0.15, 0.2) is 5.54 Å². The molecule has 2 N–H and O–H groups in total. The van der Waals surface area contributed by atoms with E-state index >= 15 is 0 Å². The Kier molecular flexibility index (Phi) is 4.81. The summed E-state index contributed by atoms with van der Waals surface area (Å²) >= 11 is 0. The van der Waals surface area contributed by atoms with E-state index in [9.17, 15) is 4.79 Å². The Bertz CT molecular complexity index is 863. The predicted molar refractivity (Wildman–Crippen MR) is 101 cm³/mol. The lowest BCUT2D eigenvalue weighted by atomic mass is 9.91. The molecule has 140 valence electrons. The Labute approximate surface area is 157 Å². The first-order chi connectivity index (χ1) is 13.2. The van der Waals surface area contributed by atoms with E-state index in [0.717, 1.165) is 22.4 Å². The van der Waals surface area contributed by atoms with Crippen LogP contribution in [0.15, 0.2) is 53.5 Å². The van der Waals surface area contributed by atoms with Crippen molar-refractivity contribution in [2.75, 3.05) is 19.8 Å². The van der Waals surface area contributed by atoms with Crippen molar-refractivity contribution in [2.24, 2.45) is 4.99 Å². The molecular formula is C21H22N2O4. The second-order valence-corrected chi connectivity index (χ2v) is 6.82. The first-order valence-electron chi connectivity index (χ1n) is 9.12. The van der Waals surface area contributed by atoms with E-state index in [0.29, 0.717) is 31.9 Å². The first kappa shape index (κ1) is 17.5. The third-order valence-corrected chi connectivity index (χ3v) is 4.90. The number of hydrogen-bond acceptors (Lipinski definition) is 5. The van der Waals surface area contributed by atoms with Crippen molar-refractivity contribution in [1.82, 2.24) is 5.32 Å². The molecule has 0 unspecified atom stereocenters. The molecule has 4 rings (SSSR count). The van der Waals surface area contributed by atoms with Gasteiger partial charge in [-0.1, -0.05) is 24.3 Å². The summed E-state index contributed by atoms with van der Waals surface area (Å²) in [4.78, 5) is 17.4. The fourth-order valence-corrected chi connectivity index (χ4v) is 3.39. The molecule has 1 spiro atoms. The number of benzene rings is 2. The maximum Gasteiger partial charge on any atom is 0.252 e. The van der Waals surface area contributed by atoms with Crippen molar-refractivity contribution >= 4 is 11.8 Å². The van der Waals surface area contributed by atoms with Crippen molar-refractivity contribution in [2.45, 2.75) is 24.9 Å². The average molecular weight is 366 g/mol. The van der Waals surface area contributed by atoms with Crippen molar-refractivity contribution in [3.8, 4) is 5.75 Å². The number of aliphatic hydroxyl groups is 1. The number of carbonyl (C=O) groups is 1. The summed E-state index contributed by atoms with van der Waals surface area (Å²) in [6.45, 7) is 1.32. The lowest BCUT2D eigenvalue weighted by Crippen LogP contribution is -2.46. The Morgan fingerprint density at radius 2 is 1.93 bits per heavy atom. The minimum Gasteiger partial charge on any atom is -0.494 e. The van der Waals surface area contributed by atoms with Gasteiger partial charge in [0.25, 0.3) is 5.91 Å². The third kappa shape index (κ3) is 3.53. The number of hydrogen-bond donors (Lipinski definition) is 2. The Balaban J connectivity index is 1.56. The zero-order chi connectivity index (χ0) is 18.7. The van der Waals surface area contributed by atoms with Gasteiger partial charge in [0.05, 0.1) is 6.61 Å². The number of amides is 1. The maximum atomic E-state index is 12.7. The first-order valence-corrected chi connectivity index (χ1v) is 9.12. The van der Waals surface area contributed by atoms with Crippen LogP contribution in [-0.4, -0.2) is 42.3 Å². The van der Waals surface area contributed by atoms with Crippen LogP contribution in [0.4, 0.5) is 0 Å². The van der Waals surface area contributed by atoms with Crippen LogP contribution in [-0.2, 0) is 22.5 Å². The molecule has 2 aliphatic rings. The van der Waals surface area contributed by atoms with E-state index in [2.05, 4.69) is 5.32 Å². The molecule has 1 atom stereocenters. The molecule has 2 aromatic carbocycles. The zero-order valence-corrected chi connectivity index (χ0v) is 15.0. The van der Waals surface area contributed by atoms with Gasteiger partial charge >= 0.3 is 0 Å². The van der Waals surface area contributed by atoms with Crippen LogP contribution < -0.4 is 10.1 Å². The van der Waals surface area contributed by atoms with Crippen LogP contribution in [0.3, 0.4) is 0 Å². The summed E-state index contributed by atoms with van der Waals surface area (Å²) in [6, 6.07) is 15.5. The van der Waals surface area contributed by atoms with Gasteiger partial charge in [0.2, 0.25) is 5.90 Å². The molecule has 0 aromatic heterocycles. The molecule has 1 amide bonds. The summed E-state index contributed by atoms with van der Waals surface area (Å²) in [6.07, 6.45) is 1.12. The molecule has 27 heavy (non-hydrogen) atoms. The molecule has 0 bridgehead atoms. The number of aliphatic imine (C=N–C) groups is 1. The van der Waals surface area contributed by atoms with Gasteiger partial charge in [-0.15, -0.1) is 0 Å². The standard InChI is InChI=1S/C21H22N2O4/c24-10-3-11-26-18-8-6-15(7-9-18)19-23-21(14-27-19)12-16-4-1-2-5-17(16)13-22-20(21)25/h1-2,4-9,24H,3,10-14H2,(H,22,25)/t21-/m0/s1. The SMILES string of the molecule is O=C1NCc2ccccc2C[C@]12COC(c1ccc(OCCCO)cc1)=N2. The molecule has 0 saturated carbocycles. The number of nitrogens with one attached hydrogen (secondary N) is 1. The zero-order valence-electron chi connectivity index (χ0n) is 15.0. The highest BCUT2D eigenvalue weighted by Gasteiger charge is 2.45. The van der Waals surface area contributed by atoms with E-state index in [-0.39, 0.29) is 19.1 Å². The topological polar surface area (TPSA) is 80.2 Å². The highest BCUT2D eigenvalue weighted by molar-refractivity contribution is 6.00. The smallest absolute Gasteiger partial charge is 0.252 e. The van der Waals surface area contributed by atoms with E-state index in [4.69, 9.17) is 19.6 Å². The second kappa shape index (κ2) is 7.40. The van der Waals surface area contributed by atoms with Crippen LogP contribution in [0.5, 0.6) is 5.75 Å². The molecular weight excluding hydrogens is 344 g/mol. The number of rotatable bonds is 5.